The van der Waals surface area contributed by atoms with Gasteiger partial charge in [0.1, 0.15) is 5.75 Å². The highest BCUT2D eigenvalue weighted by atomic mass is 16.5. The number of ether oxygens (including phenoxy) is 1. The van der Waals surface area contributed by atoms with E-state index in [0.717, 1.165) is 12.2 Å². The lowest BCUT2D eigenvalue weighted by Crippen LogP contribution is -2.19. The third-order valence-corrected chi connectivity index (χ3v) is 3.40. The Labute approximate surface area is 122 Å². The lowest BCUT2D eigenvalue weighted by atomic mass is 10.3. The van der Waals surface area contributed by atoms with Crippen LogP contribution in [0.5, 0.6) is 5.75 Å². The fraction of sp³-hybridized carbons (Fsp3) is 0.333. The smallest absolute Gasteiger partial charge is 0.255 e. The van der Waals surface area contributed by atoms with Gasteiger partial charge >= 0.3 is 0 Å². The number of nitrogens with two attached hydrogens (primary N) is 1. The van der Waals surface area contributed by atoms with Crippen molar-refractivity contribution >= 4 is 11.6 Å². The average molecular weight is 286 g/mol. The van der Waals surface area contributed by atoms with Crippen LogP contribution >= 0.6 is 0 Å². The quantitative estimate of drug-likeness (QED) is 0.811. The summed E-state index contributed by atoms with van der Waals surface area (Å²) in [6, 6.07) is 8.07. The molecule has 0 radical (unpaired) electrons. The van der Waals surface area contributed by atoms with Gasteiger partial charge in [-0.3, -0.25) is 4.79 Å². The summed E-state index contributed by atoms with van der Waals surface area (Å²) in [4.78, 5) is 14.9. The van der Waals surface area contributed by atoms with Crippen molar-refractivity contribution in [1.29, 1.82) is 0 Å². The molecule has 0 bridgehead atoms. The molecule has 1 heterocycles. The number of anilines is 1. The van der Waals surface area contributed by atoms with E-state index in [4.69, 9.17) is 10.5 Å². The Morgan fingerprint density at radius 2 is 2.14 bits per heavy atom. The maximum absolute atomic E-state index is 10.6. The van der Waals surface area contributed by atoms with Gasteiger partial charge in [-0.2, -0.15) is 0 Å². The van der Waals surface area contributed by atoms with Crippen LogP contribution < -0.4 is 15.8 Å². The second-order valence-electron chi connectivity index (χ2n) is 5.16. The monoisotopic (exact) mass is 286 g/mol. The molecule has 3 rings (SSSR count). The van der Waals surface area contributed by atoms with E-state index >= 15 is 0 Å². The van der Waals surface area contributed by atoms with Gasteiger partial charge in [-0.15, -0.1) is 0 Å². The van der Waals surface area contributed by atoms with Gasteiger partial charge in [0, 0.05) is 17.9 Å². The fourth-order valence-corrected chi connectivity index (χ4v) is 2.17. The van der Waals surface area contributed by atoms with Crippen molar-refractivity contribution in [1.82, 2.24) is 9.55 Å². The number of hydrogen-bond acceptors (Lipinski definition) is 4. The summed E-state index contributed by atoms with van der Waals surface area (Å²) < 4.78 is 7.45. The summed E-state index contributed by atoms with van der Waals surface area (Å²) in [6.07, 6.45) is 6.29. The summed E-state index contributed by atoms with van der Waals surface area (Å²) in [5.74, 6) is 0.146. The zero-order valence-electron chi connectivity index (χ0n) is 11.7. The Morgan fingerprint density at radius 3 is 2.81 bits per heavy atom. The Morgan fingerprint density at radius 1 is 1.38 bits per heavy atom. The van der Waals surface area contributed by atoms with Crippen molar-refractivity contribution in [3.8, 4) is 5.75 Å². The van der Waals surface area contributed by atoms with Crippen LogP contribution in [0.25, 0.3) is 0 Å². The number of rotatable bonds is 7. The highest BCUT2D eigenvalue weighted by Gasteiger charge is 2.24. The summed E-state index contributed by atoms with van der Waals surface area (Å²) in [5, 5.41) is 3.35. The molecule has 0 atom stereocenters. The summed E-state index contributed by atoms with van der Waals surface area (Å²) in [7, 11) is 0. The Hall–Kier alpha value is -2.50. The van der Waals surface area contributed by atoms with E-state index in [9.17, 15) is 4.79 Å². The topological polar surface area (TPSA) is 82.2 Å². The number of nitrogens with zero attached hydrogens (tertiary/aromatic N) is 2. The van der Waals surface area contributed by atoms with E-state index in [1.807, 2.05) is 36.8 Å². The Bertz CT molecular complexity index is 617. The van der Waals surface area contributed by atoms with Crippen molar-refractivity contribution in [2.75, 3.05) is 11.9 Å². The maximum atomic E-state index is 10.6. The standard InChI is InChI=1S/C15H18N4O2/c16-15(20)9-21-14-5-1-11(2-6-14)18-8-13-7-17-10-19(13)12-3-4-12/h1-2,5-7,10,12,18H,3-4,8-9H2,(H2,16,20). The van der Waals surface area contributed by atoms with Crippen LogP contribution in [0.4, 0.5) is 5.69 Å². The van der Waals surface area contributed by atoms with Crippen LogP contribution in [0.2, 0.25) is 0 Å². The third-order valence-electron chi connectivity index (χ3n) is 3.40. The molecule has 0 unspecified atom stereocenters. The first-order valence-electron chi connectivity index (χ1n) is 6.98. The normalized spacial score (nSPS) is 13.9. The van der Waals surface area contributed by atoms with Crippen molar-refractivity contribution in [2.45, 2.75) is 25.4 Å². The highest BCUT2D eigenvalue weighted by Crippen LogP contribution is 2.35. The van der Waals surface area contributed by atoms with E-state index in [2.05, 4.69) is 14.9 Å². The molecule has 1 fully saturated rings. The maximum Gasteiger partial charge on any atom is 0.255 e. The predicted octanol–water partition coefficient (Wildman–Crippen LogP) is 1.69. The van der Waals surface area contributed by atoms with Gasteiger partial charge in [0.25, 0.3) is 5.91 Å². The number of primary amides is 1. The average Bonchev–Trinajstić information content (AvgIpc) is 3.23. The van der Waals surface area contributed by atoms with Gasteiger partial charge in [0.2, 0.25) is 0 Å². The number of imidazole rings is 1. The Kier molecular flexibility index (Phi) is 3.77. The van der Waals surface area contributed by atoms with Crippen molar-refractivity contribution in [3.05, 3.63) is 42.5 Å². The molecule has 2 aromatic rings. The number of nitrogens with one attached hydrogen (secondary N) is 1. The van der Waals surface area contributed by atoms with E-state index < -0.39 is 5.91 Å². The van der Waals surface area contributed by atoms with Crippen LogP contribution in [-0.4, -0.2) is 22.1 Å². The van der Waals surface area contributed by atoms with Crippen molar-refractivity contribution in [3.63, 3.8) is 0 Å². The van der Waals surface area contributed by atoms with Crippen LogP contribution in [0, 0.1) is 0 Å². The molecule has 1 aromatic carbocycles. The molecule has 6 heteroatoms. The minimum Gasteiger partial charge on any atom is -0.484 e. The molecule has 1 aliphatic rings. The molecule has 1 aromatic heterocycles. The molecule has 21 heavy (non-hydrogen) atoms. The van der Waals surface area contributed by atoms with Crippen LogP contribution in [0.15, 0.2) is 36.8 Å². The summed E-state index contributed by atoms with van der Waals surface area (Å²) in [6.45, 7) is 0.630. The highest BCUT2D eigenvalue weighted by molar-refractivity contribution is 5.75. The molecule has 110 valence electrons. The van der Waals surface area contributed by atoms with Crippen LogP contribution in [-0.2, 0) is 11.3 Å². The second-order valence-corrected chi connectivity index (χ2v) is 5.16. The zero-order valence-corrected chi connectivity index (χ0v) is 11.7. The van der Waals surface area contributed by atoms with E-state index in [1.54, 1.807) is 0 Å². The zero-order chi connectivity index (χ0) is 14.7. The fourth-order valence-electron chi connectivity index (χ4n) is 2.17. The molecule has 0 aliphatic heterocycles. The molecule has 1 saturated carbocycles. The van der Waals surface area contributed by atoms with Gasteiger partial charge in [-0.05, 0) is 37.1 Å². The first-order valence-corrected chi connectivity index (χ1v) is 6.98. The SMILES string of the molecule is NC(=O)COc1ccc(NCc2cncn2C2CC2)cc1. The van der Waals surface area contributed by atoms with Crippen LogP contribution in [0.3, 0.4) is 0 Å². The van der Waals surface area contributed by atoms with E-state index in [0.29, 0.717) is 11.8 Å². The number of carbonyl (C=O) groups excluding carboxylic acids is 1. The number of amides is 1. The van der Waals surface area contributed by atoms with E-state index in [1.165, 1.54) is 18.5 Å². The number of carbonyl (C=O) groups is 1. The minimum absolute atomic E-state index is 0.104. The summed E-state index contributed by atoms with van der Waals surface area (Å²) in [5.41, 5.74) is 7.21. The predicted molar refractivity (Wildman–Crippen MR) is 79.0 cm³/mol. The Balaban J connectivity index is 1.55. The third kappa shape index (κ3) is 3.53. The van der Waals surface area contributed by atoms with E-state index in [-0.39, 0.29) is 6.61 Å². The van der Waals surface area contributed by atoms with Crippen LogP contribution in [0.1, 0.15) is 24.6 Å². The van der Waals surface area contributed by atoms with Crippen molar-refractivity contribution < 1.29 is 9.53 Å². The second kappa shape index (κ2) is 5.87. The van der Waals surface area contributed by atoms with Gasteiger partial charge in [-0.25, -0.2) is 4.98 Å². The molecule has 1 aliphatic carbocycles. The molecule has 0 saturated heterocycles. The minimum atomic E-state index is -0.481. The molecule has 3 N–H and O–H groups in total. The first-order chi connectivity index (χ1) is 10.2. The van der Waals surface area contributed by atoms with Gasteiger partial charge in [0.15, 0.2) is 6.61 Å². The summed E-state index contributed by atoms with van der Waals surface area (Å²) >= 11 is 0. The molecule has 1 amide bonds. The van der Waals surface area contributed by atoms with Gasteiger partial charge < -0.3 is 20.4 Å². The molecule has 6 nitrogen and oxygen atoms in total. The number of hydrogen-bond donors (Lipinski definition) is 2. The largest absolute Gasteiger partial charge is 0.484 e. The van der Waals surface area contributed by atoms with Gasteiger partial charge in [-0.1, -0.05) is 0 Å². The molecular formula is C15H18N4O2. The number of aromatic nitrogens is 2. The first kappa shape index (κ1) is 13.5. The van der Waals surface area contributed by atoms with Gasteiger partial charge in [0.05, 0.1) is 18.6 Å². The lowest BCUT2D eigenvalue weighted by molar-refractivity contribution is -0.119. The molecular weight excluding hydrogens is 268 g/mol. The molecule has 0 spiro atoms. The number of benzene rings is 1. The lowest BCUT2D eigenvalue weighted by Gasteiger charge is -2.10. The van der Waals surface area contributed by atoms with Crippen molar-refractivity contribution in [2.24, 2.45) is 5.73 Å².